The Morgan fingerprint density at radius 1 is 1.27 bits per heavy atom. The van der Waals surface area contributed by atoms with Crippen LogP contribution >= 0.6 is 0 Å². The summed E-state index contributed by atoms with van der Waals surface area (Å²) in [6, 6.07) is 13.7. The van der Waals surface area contributed by atoms with Crippen LogP contribution in [0.5, 0.6) is 5.75 Å². The van der Waals surface area contributed by atoms with Gasteiger partial charge in [0.2, 0.25) is 0 Å². The fourth-order valence-corrected chi connectivity index (χ4v) is 2.24. The lowest BCUT2D eigenvalue weighted by molar-refractivity contribution is 0.345. The molecule has 1 heterocycles. The molecule has 6 nitrogen and oxygen atoms in total. The van der Waals surface area contributed by atoms with Crippen LogP contribution in [0.3, 0.4) is 0 Å². The molecule has 0 saturated carbocycles. The van der Waals surface area contributed by atoms with Gasteiger partial charge < -0.3 is 15.9 Å². The van der Waals surface area contributed by atoms with Crippen molar-refractivity contribution in [3.05, 3.63) is 54.7 Å². The van der Waals surface area contributed by atoms with Gasteiger partial charge in [-0.2, -0.15) is 5.10 Å². The first-order valence-electron chi connectivity index (χ1n) is 6.79. The summed E-state index contributed by atoms with van der Waals surface area (Å²) >= 11 is 0. The van der Waals surface area contributed by atoms with Crippen LogP contribution in [0.15, 0.2) is 54.7 Å². The van der Waals surface area contributed by atoms with Crippen molar-refractivity contribution < 1.29 is 4.74 Å². The van der Waals surface area contributed by atoms with Crippen LogP contribution in [0.25, 0.3) is 22.0 Å². The van der Waals surface area contributed by atoms with Crippen molar-refractivity contribution >= 4 is 16.7 Å². The van der Waals surface area contributed by atoms with Gasteiger partial charge in [-0.1, -0.05) is 30.8 Å². The SMILES string of the molecule is C=C(COc1ccccc1-c1ccc2[nH]nc(N)c2c1)NN. The van der Waals surface area contributed by atoms with Crippen LogP contribution in [0.1, 0.15) is 0 Å². The molecule has 0 fully saturated rings. The minimum atomic E-state index is 0.295. The van der Waals surface area contributed by atoms with E-state index in [2.05, 4.69) is 22.2 Å². The molecule has 0 aliphatic rings. The summed E-state index contributed by atoms with van der Waals surface area (Å²) < 4.78 is 5.77. The minimum absolute atomic E-state index is 0.295. The fraction of sp³-hybridized carbons (Fsp3) is 0.0625. The number of aromatic amines is 1. The summed E-state index contributed by atoms with van der Waals surface area (Å²) in [7, 11) is 0. The number of nitrogens with zero attached hydrogens (tertiary/aromatic N) is 1. The topological polar surface area (TPSA) is 102 Å². The number of hydrogen-bond donors (Lipinski definition) is 4. The number of nitrogens with one attached hydrogen (secondary N) is 2. The van der Waals surface area contributed by atoms with E-state index in [9.17, 15) is 0 Å². The summed E-state index contributed by atoms with van der Waals surface area (Å²) in [6.45, 7) is 4.04. The number of nitrogen functional groups attached to an aromatic ring is 1. The molecule has 0 saturated heterocycles. The number of rotatable bonds is 5. The normalized spacial score (nSPS) is 10.6. The van der Waals surface area contributed by atoms with E-state index in [1.54, 1.807) is 0 Å². The van der Waals surface area contributed by atoms with Crippen molar-refractivity contribution in [3.8, 4) is 16.9 Å². The molecule has 3 rings (SSSR count). The molecule has 0 amide bonds. The zero-order valence-electron chi connectivity index (χ0n) is 12.0. The Kier molecular flexibility index (Phi) is 3.67. The van der Waals surface area contributed by atoms with Crippen molar-refractivity contribution in [2.75, 3.05) is 12.3 Å². The van der Waals surface area contributed by atoms with Crippen molar-refractivity contribution in [1.29, 1.82) is 0 Å². The standard InChI is InChI=1S/C16H17N5O/c1-10(19-18)9-22-15-5-3-2-4-12(15)11-6-7-14-13(8-11)16(17)21-20-14/h2-8,19H,1,9,18H2,(H3,17,20,21). The maximum Gasteiger partial charge on any atom is 0.153 e. The van der Waals surface area contributed by atoms with E-state index in [0.29, 0.717) is 18.1 Å². The van der Waals surface area contributed by atoms with E-state index >= 15 is 0 Å². The predicted octanol–water partition coefficient (Wildman–Crippen LogP) is 2.17. The van der Waals surface area contributed by atoms with Gasteiger partial charge in [0.1, 0.15) is 12.4 Å². The number of H-pyrrole nitrogens is 1. The number of hydrogen-bond acceptors (Lipinski definition) is 5. The lowest BCUT2D eigenvalue weighted by Gasteiger charge is -2.12. The molecule has 6 heteroatoms. The van der Waals surface area contributed by atoms with Gasteiger partial charge in [0, 0.05) is 10.9 Å². The predicted molar refractivity (Wildman–Crippen MR) is 87.9 cm³/mol. The second-order valence-electron chi connectivity index (χ2n) is 4.90. The molecule has 0 unspecified atom stereocenters. The van der Waals surface area contributed by atoms with Crippen LogP contribution in [0, 0.1) is 0 Å². The first-order valence-corrected chi connectivity index (χ1v) is 6.79. The number of ether oxygens (including phenoxy) is 1. The third-order valence-corrected chi connectivity index (χ3v) is 3.40. The summed E-state index contributed by atoms with van der Waals surface area (Å²) in [4.78, 5) is 0. The Morgan fingerprint density at radius 3 is 2.91 bits per heavy atom. The number of nitrogens with two attached hydrogens (primary N) is 2. The lowest BCUT2D eigenvalue weighted by atomic mass is 10.0. The van der Waals surface area contributed by atoms with E-state index in [1.807, 2.05) is 42.5 Å². The largest absolute Gasteiger partial charge is 0.487 e. The van der Waals surface area contributed by atoms with Gasteiger partial charge in [0.15, 0.2) is 5.82 Å². The van der Waals surface area contributed by atoms with Crippen molar-refractivity contribution in [2.45, 2.75) is 0 Å². The third-order valence-electron chi connectivity index (χ3n) is 3.40. The highest BCUT2D eigenvalue weighted by atomic mass is 16.5. The molecule has 2 aromatic carbocycles. The Hall–Kier alpha value is -2.99. The van der Waals surface area contributed by atoms with Gasteiger partial charge in [0.05, 0.1) is 11.2 Å². The Morgan fingerprint density at radius 2 is 2.09 bits per heavy atom. The van der Waals surface area contributed by atoms with E-state index in [-0.39, 0.29) is 0 Å². The number of fused-ring (bicyclic) bond motifs is 1. The van der Waals surface area contributed by atoms with E-state index in [1.165, 1.54) is 0 Å². The molecule has 0 radical (unpaired) electrons. The van der Waals surface area contributed by atoms with E-state index < -0.39 is 0 Å². The average Bonchev–Trinajstić information content (AvgIpc) is 2.93. The molecule has 112 valence electrons. The summed E-state index contributed by atoms with van der Waals surface area (Å²) in [5.41, 5.74) is 11.8. The molecule has 1 aromatic heterocycles. The zero-order chi connectivity index (χ0) is 15.5. The van der Waals surface area contributed by atoms with Crippen molar-refractivity contribution in [3.63, 3.8) is 0 Å². The highest BCUT2D eigenvalue weighted by Crippen LogP contribution is 2.32. The molecule has 22 heavy (non-hydrogen) atoms. The highest BCUT2D eigenvalue weighted by molar-refractivity contribution is 5.92. The lowest BCUT2D eigenvalue weighted by Crippen LogP contribution is -2.24. The Balaban J connectivity index is 1.98. The van der Waals surface area contributed by atoms with Crippen LogP contribution in [-0.2, 0) is 0 Å². The third kappa shape index (κ3) is 2.59. The molecule has 3 aromatic rings. The fourth-order valence-electron chi connectivity index (χ4n) is 2.24. The maximum absolute atomic E-state index is 5.87. The average molecular weight is 295 g/mol. The molecule has 0 aliphatic carbocycles. The first-order chi connectivity index (χ1) is 10.7. The summed E-state index contributed by atoms with van der Waals surface area (Å²) in [5, 5.41) is 7.79. The van der Waals surface area contributed by atoms with Gasteiger partial charge in [-0.15, -0.1) is 0 Å². The number of benzene rings is 2. The molecule has 0 atom stereocenters. The van der Waals surface area contributed by atoms with Gasteiger partial charge in [-0.05, 0) is 23.8 Å². The van der Waals surface area contributed by atoms with Crippen LogP contribution < -0.4 is 21.7 Å². The number of para-hydroxylation sites is 1. The second kappa shape index (κ2) is 5.79. The number of hydrazine groups is 1. The summed E-state index contributed by atoms with van der Waals surface area (Å²) in [6.07, 6.45) is 0. The quantitative estimate of drug-likeness (QED) is 0.427. The van der Waals surface area contributed by atoms with E-state index in [0.717, 1.165) is 27.8 Å². The van der Waals surface area contributed by atoms with Crippen molar-refractivity contribution in [2.24, 2.45) is 5.84 Å². The number of aromatic nitrogens is 2. The molecule has 0 bridgehead atoms. The smallest absolute Gasteiger partial charge is 0.153 e. The monoisotopic (exact) mass is 295 g/mol. The molecule has 6 N–H and O–H groups in total. The van der Waals surface area contributed by atoms with Crippen LogP contribution in [0.2, 0.25) is 0 Å². The van der Waals surface area contributed by atoms with Crippen molar-refractivity contribution in [1.82, 2.24) is 15.6 Å². The van der Waals surface area contributed by atoms with Gasteiger partial charge in [-0.25, -0.2) is 0 Å². The summed E-state index contributed by atoms with van der Waals surface area (Å²) in [5.74, 6) is 6.53. The Bertz CT molecular complexity index is 824. The Labute approximate surface area is 127 Å². The number of anilines is 1. The molecular formula is C16H17N5O. The zero-order valence-corrected chi connectivity index (χ0v) is 12.0. The highest BCUT2D eigenvalue weighted by Gasteiger charge is 2.09. The van der Waals surface area contributed by atoms with Gasteiger partial charge in [0.25, 0.3) is 0 Å². The molecule has 0 aliphatic heterocycles. The molecular weight excluding hydrogens is 278 g/mol. The van der Waals surface area contributed by atoms with Crippen LogP contribution in [-0.4, -0.2) is 16.8 Å². The van der Waals surface area contributed by atoms with Gasteiger partial charge >= 0.3 is 0 Å². The minimum Gasteiger partial charge on any atom is -0.487 e. The maximum atomic E-state index is 5.87. The molecule has 0 spiro atoms. The second-order valence-corrected chi connectivity index (χ2v) is 4.90. The van der Waals surface area contributed by atoms with Gasteiger partial charge in [-0.3, -0.25) is 10.9 Å². The first kappa shape index (κ1) is 14.0. The van der Waals surface area contributed by atoms with Crippen LogP contribution in [0.4, 0.5) is 5.82 Å². The van der Waals surface area contributed by atoms with E-state index in [4.69, 9.17) is 16.3 Å².